The maximum Gasteiger partial charge on any atom is 0.305 e. The monoisotopic (exact) mass is 1080 g/mol. The molecule has 0 heterocycles. The van der Waals surface area contributed by atoms with Crippen LogP contribution in [0.25, 0.3) is 0 Å². The molecule has 1 amide bonds. The van der Waals surface area contributed by atoms with Crippen LogP contribution in [0.2, 0.25) is 0 Å². The van der Waals surface area contributed by atoms with Gasteiger partial charge in [-0.2, -0.15) is 0 Å². The summed E-state index contributed by atoms with van der Waals surface area (Å²) < 4.78 is 5.51. The number of nitrogens with one attached hydrogen (secondary N) is 1. The van der Waals surface area contributed by atoms with Gasteiger partial charge in [0.15, 0.2) is 0 Å². The second-order valence-electron chi connectivity index (χ2n) is 23.9. The third-order valence-corrected chi connectivity index (χ3v) is 16.2. The molecule has 77 heavy (non-hydrogen) atoms. The van der Waals surface area contributed by atoms with Crippen LogP contribution in [0.4, 0.5) is 0 Å². The molecule has 0 aliphatic rings. The van der Waals surface area contributed by atoms with Gasteiger partial charge in [0, 0.05) is 12.8 Å². The number of hydrogen-bond donors (Lipinski definition) is 3. The van der Waals surface area contributed by atoms with Crippen LogP contribution in [0.1, 0.15) is 380 Å². The van der Waals surface area contributed by atoms with Gasteiger partial charge in [0.1, 0.15) is 0 Å². The van der Waals surface area contributed by atoms with E-state index in [0.717, 1.165) is 51.4 Å². The molecule has 2 atom stereocenters. The first-order chi connectivity index (χ1) is 38.0. The highest BCUT2D eigenvalue weighted by atomic mass is 16.5. The van der Waals surface area contributed by atoms with Crippen molar-refractivity contribution in [2.45, 2.75) is 392 Å². The molecule has 0 radical (unpaired) electrons. The van der Waals surface area contributed by atoms with Crippen LogP contribution in [0.3, 0.4) is 0 Å². The van der Waals surface area contributed by atoms with Crippen LogP contribution in [-0.4, -0.2) is 47.4 Å². The molecular formula is C71H135NO5. The Bertz CT molecular complexity index is 1250. The molecule has 0 rings (SSSR count). The zero-order valence-corrected chi connectivity index (χ0v) is 52.0. The number of carbonyl (C=O) groups is 2. The van der Waals surface area contributed by atoms with Gasteiger partial charge in [-0.05, 0) is 64.2 Å². The number of amides is 1. The Morgan fingerprint density at radius 3 is 1.01 bits per heavy atom. The first kappa shape index (κ1) is 75.1. The average molecular weight is 1080 g/mol. The fourth-order valence-corrected chi connectivity index (χ4v) is 10.8. The zero-order chi connectivity index (χ0) is 55.7. The summed E-state index contributed by atoms with van der Waals surface area (Å²) in [6.07, 6.45) is 85.0. The van der Waals surface area contributed by atoms with Crippen molar-refractivity contribution in [2.24, 2.45) is 0 Å². The van der Waals surface area contributed by atoms with Crippen molar-refractivity contribution < 1.29 is 24.5 Å². The number of hydrogen-bond acceptors (Lipinski definition) is 5. The lowest BCUT2D eigenvalue weighted by Crippen LogP contribution is -2.45. The van der Waals surface area contributed by atoms with Crippen molar-refractivity contribution >= 4 is 11.9 Å². The summed E-state index contributed by atoms with van der Waals surface area (Å²) in [6, 6.07) is -0.626. The minimum absolute atomic E-state index is 0.0135. The van der Waals surface area contributed by atoms with Crippen molar-refractivity contribution in [1.82, 2.24) is 5.32 Å². The number of unbranched alkanes of at least 4 members (excludes halogenated alkanes) is 50. The number of aliphatic hydroxyl groups excluding tert-OH is 2. The molecule has 0 aromatic heterocycles. The Morgan fingerprint density at radius 2 is 0.649 bits per heavy atom. The standard InChI is InChI=1S/C71H135NO5/c1-3-5-7-9-11-13-15-17-19-20-29-33-37-41-45-49-53-57-61-65-71(76)77-66-62-58-54-50-46-42-38-34-31-28-26-24-22-21-23-25-27-30-32-36-40-44-48-52-56-60-64-70(75)72-68(67-73)69(74)63-59-55-51-47-43-39-35-18-16-14-12-10-8-6-4-2/h11,13,17,19,59,63,68-69,73-74H,3-10,12,14-16,18,20-58,60-62,64-67H2,1-2H3,(H,72,75)/b13-11-,19-17-,63-59+. The van der Waals surface area contributed by atoms with Crippen molar-refractivity contribution in [1.29, 1.82) is 0 Å². The fourth-order valence-electron chi connectivity index (χ4n) is 10.8. The summed E-state index contributed by atoms with van der Waals surface area (Å²) in [5, 5.41) is 23.2. The van der Waals surface area contributed by atoms with E-state index >= 15 is 0 Å². The number of carbonyl (C=O) groups excluding carboxylic acids is 2. The highest BCUT2D eigenvalue weighted by Crippen LogP contribution is 2.18. The molecule has 0 aromatic carbocycles. The smallest absolute Gasteiger partial charge is 0.305 e. The van der Waals surface area contributed by atoms with Crippen LogP contribution in [-0.2, 0) is 14.3 Å². The summed E-state index contributed by atoms with van der Waals surface area (Å²) in [5.41, 5.74) is 0. The number of allylic oxidation sites excluding steroid dienone is 5. The molecule has 0 saturated carbocycles. The minimum atomic E-state index is -0.843. The van der Waals surface area contributed by atoms with Crippen LogP contribution in [0.5, 0.6) is 0 Å². The van der Waals surface area contributed by atoms with Crippen molar-refractivity contribution in [3.63, 3.8) is 0 Å². The predicted molar refractivity (Wildman–Crippen MR) is 338 cm³/mol. The maximum atomic E-state index is 12.5. The molecule has 6 heteroatoms. The van der Waals surface area contributed by atoms with Gasteiger partial charge in [0.25, 0.3) is 0 Å². The lowest BCUT2D eigenvalue weighted by Gasteiger charge is -2.20. The Hall–Kier alpha value is -1.92. The number of rotatable bonds is 65. The van der Waals surface area contributed by atoms with Crippen LogP contribution in [0, 0.1) is 0 Å². The summed E-state index contributed by atoms with van der Waals surface area (Å²) in [6.45, 7) is 4.91. The SMILES string of the molecule is CCCCC/C=C\C/C=C\CCCCCCCCCCCC(=O)OCCCCCCCCCCCCCCCCCCCCCCCCCCCCC(=O)NC(CO)C(O)/C=C/CCCCCCCCCCCCCCC. The molecule has 3 N–H and O–H groups in total. The molecule has 0 fully saturated rings. The summed E-state index contributed by atoms with van der Waals surface area (Å²) in [7, 11) is 0. The molecule has 0 bridgehead atoms. The zero-order valence-electron chi connectivity index (χ0n) is 52.0. The molecule has 0 aliphatic heterocycles. The molecule has 454 valence electrons. The number of ether oxygens (including phenoxy) is 1. The average Bonchev–Trinajstić information content (AvgIpc) is 3.43. The topological polar surface area (TPSA) is 95.9 Å². The van der Waals surface area contributed by atoms with Gasteiger partial charge in [-0.25, -0.2) is 0 Å². The normalized spacial score (nSPS) is 12.7. The molecule has 0 saturated heterocycles. The second kappa shape index (κ2) is 66.6. The summed E-state index contributed by atoms with van der Waals surface area (Å²) in [4.78, 5) is 24.6. The molecule has 0 spiro atoms. The van der Waals surface area contributed by atoms with Gasteiger partial charge in [0.2, 0.25) is 5.91 Å². The van der Waals surface area contributed by atoms with E-state index in [-0.39, 0.29) is 18.5 Å². The number of aliphatic hydroxyl groups is 2. The molecule has 6 nitrogen and oxygen atoms in total. The van der Waals surface area contributed by atoms with E-state index in [1.54, 1.807) is 6.08 Å². The third kappa shape index (κ3) is 63.1. The minimum Gasteiger partial charge on any atom is -0.466 e. The van der Waals surface area contributed by atoms with Crippen molar-refractivity contribution in [3.8, 4) is 0 Å². The second-order valence-corrected chi connectivity index (χ2v) is 23.9. The van der Waals surface area contributed by atoms with Gasteiger partial charge in [0.05, 0.1) is 25.4 Å². The predicted octanol–water partition coefficient (Wildman–Crippen LogP) is 22.3. The van der Waals surface area contributed by atoms with E-state index in [1.165, 1.54) is 302 Å². The van der Waals surface area contributed by atoms with E-state index in [9.17, 15) is 19.8 Å². The van der Waals surface area contributed by atoms with E-state index in [0.29, 0.717) is 19.4 Å². The lowest BCUT2D eigenvalue weighted by molar-refractivity contribution is -0.143. The van der Waals surface area contributed by atoms with Crippen LogP contribution < -0.4 is 5.32 Å². The van der Waals surface area contributed by atoms with E-state index in [2.05, 4.69) is 43.5 Å². The highest BCUT2D eigenvalue weighted by molar-refractivity contribution is 5.76. The molecule has 2 unspecified atom stereocenters. The largest absolute Gasteiger partial charge is 0.466 e. The number of esters is 1. The van der Waals surface area contributed by atoms with Gasteiger partial charge < -0.3 is 20.3 Å². The van der Waals surface area contributed by atoms with Gasteiger partial charge in [-0.3, -0.25) is 9.59 Å². The van der Waals surface area contributed by atoms with Gasteiger partial charge in [-0.15, -0.1) is 0 Å². The van der Waals surface area contributed by atoms with Gasteiger partial charge in [-0.1, -0.05) is 339 Å². The third-order valence-electron chi connectivity index (χ3n) is 16.2. The van der Waals surface area contributed by atoms with Crippen LogP contribution >= 0.6 is 0 Å². The van der Waals surface area contributed by atoms with E-state index < -0.39 is 12.1 Å². The Labute approximate surface area is 481 Å². The van der Waals surface area contributed by atoms with E-state index in [1.807, 2.05) is 6.08 Å². The fraction of sp³-hybridized carbons (Fsp3) is 0.887. The Morgan fingerprint density at radius 1 is 0.364 bits per heavy atom. The first-order valence-corrected chi connectivity index (χ1v) is 34.8. The first-order valence-electron chi connectivity index (χ1n) is 34.8. The van der Waals surface area contributed by atoms with E-state index in [4.69, 9.17) is 4.74 Å². The van der Waals surface area contributed by atoms with Gasteiger partial charge >= 0.3 is 5.97 Å². The maximum absolute atomic E-state index is 12.5. The van der Waals surface area contributed by atoms with Crippen molar-refractivity contribution in [3.05, 3.63) is 36.5 Å². The Balaban J connectivity index is 3.36. The molecule has 0 aromatic rings. The van der Waals surface area contributed by atoms with Crippen LogP contribution in [0.15, 0.2) is 36.5 Å². The summed E-state index contributed by atoms with van der Waals surface area (Å²) in [5.74, 6) is -0.0503. The highest BCUT2D eigenvalue weighted by Gasteiger charge is 2.18. The Kier molecular flexibility index (Phi) is 64.9. The van der Waals surface area contributed by atoms with Crippen molar-refractivity contribution in [2.75, 3.05) is 13.2 Å². The summed E-state index contributed by atoms with van der Waals surface area (Å²) >= 11 is 0. The molecule has 0 aliphatic carbocycles. The lowest BCUT2D eigenvalue weighted by atomic mass is 10.0. The quantitative estimate of drug-likeness (QED) is 0.0320. The molecular weight excluding hydrogens is 947 g/mol.